The molecular weight excluding hydrogens is 126 g/mol. The van der Waals surface area contributed by atoms with Crippen molar-refractivity contribution in [2.24, 2.45) is 5.92 Å². The van der Waals surface area contributed by atoms with Gasteiger partial charge in [-0.25, -0.2) is 0 Å². The molecule has 1 aliphatic rings. The van der Waals surface area contributed by atoms with Gasteiger partial charge in [-0.15, -0.1) is 0 Å². The van der Waals surface area contributed by atoms with E-state index in [0.717, 1.165) is 26.2 Å². The van der Waals surface area contributed by atoms with Gasteiger partial charge in [-0.2, -0.15) is 5.26 Å². The zero-order valence-electron chi connectivity index (χ0n) is 6.30. The molecule has 0 aromatic carbocycles. The van der Waals surface area contributed by atoms with Crippen molar-refractivity contribution in [1.82, 2.24) is 10.2 Å². The summed E-state index contributed by atoms with van der Waals surface area (Å²) in [7, 11) is 1.95. The first-order valence-electron chi connectivity index (χ1n) is 3.63. The molecule has 3 nitrogen and oxygen atoms in total. The fraction of sp³-hybridized carbons (Fsp3) is 0.857. The monoisotopic (exact) mass is 139 g/mol. The van der Waals surface area contributed by atoms with Crippen molar-refractivity contribution in [2.75, 3.05) is 33.2 Å². The molecule has 0 unspecified atom stereocenters. The van der Waals surface area contributed by atoms with E-state index in [2.05, 4.69) is 16.3 Å². The molecule has 1 heterocycles. The van der Waals surface area contributed by atoms with Crippen LogP contribution in [0, 0.1) is 17.2 Å². The summed E-state index contributed by atoms with van der Waals surface area (Å²) in [5, 5.41) is 11.5. The Bertz CT molecular complexity index is 132. The SMILES string of the molecule is CNCCN1CC(C#N)C1. The molecule has 0 aliphatic carbocycles. The van der Waals surface area contributed by atoms with Gasteiger partial charge in [0.15, 0.2) is 0 Å². The highest BCUT2D eigenvalue weighted by Gasteiger charge is 2.24. The third-order valence-corrected chi connectivity index (χ3v) is 1.82. The van der Waals surface area contributed by atoms with E-state index in [0.29, 0.717) is 5.92 Å². The summed E-state index contributed by atoms with van der Waals surface area (Å²) in [6.07, 6.45) is 0. The van der Waals surface area contributed by atoms with Crippen LogP contribution in [0.2, 0.25) is 0 Å². The van der Waals surface area contributed by atoms with Crippen LogP contribution < -0.4 is 5.32 Å². The molecule has 56 valence electrons. The highest BCUT2D eigenvalue weighted by Crippen LogP contribution is 2.12. The van der Waals surface area contributed by atoms with Gasteiger partial charge in [0.1, 0.15) is 0 Å². The topological polar surface area (TPSA) is 39.1 Å². The lowest BCUT2D eigenvalue weighted by atomic mass is 10.0. The van der Waals surface area contributed by atoms with E-state index in [9.17, 15) is 0 Å². The number of rotatable bonds is 3. The minimum atomic E-state index is 0.303. The standard InChI is InChI=1S/C7H13N3/c1-9-2-3-10-5-7(4-8)6-10/h7,9H,2-3,5-6H2,1H3. The highest BCUT2D eigenvalue weighted by atomic mass is 15.2. The molecule has 0 spiro atoms. The first-order valence-corrected chi connectivity index (χ1v) is 3.63. The van der Waals surface area contributed by atoms with E-state index in [1.807, 2.05) is 7.05 Å². The minimum absolute atomic E-state index is 0.303. The second-order valence-electron chi connectivity index (χ2n) is 2.69. The molecule has 1 saturated heterocycles. The van der Waals surface area contributed by atoms with Gasteiger partial charge in [-0.1, -0.05) is 0 Å². The fourth-order valence-corrected chi connectivity index (χ4v) is 1.10. The number of hydrogen-bond donors (Lipinski definition) is 1. The van der Waals surface area contributed by atoms with Crippen molar-refractivity contribution in [2.45, 2.75) is 0 Å². The predicted molar refractivity (Wildman–Crippen MR) is 39.5 cm³/mol. The summed E-state index contributed by atoms with van der Waals surface area (Å²) < 4.78 is 0. The molecule has 3 heteroatoms. The lowest BCUT2D eigenvalue weighted by molar-refractivity contribution is 0.137. The van der Waals surface area contributed by atoms with Crippen molar-refractivity contribution in [3.05, 3.63) is 0 Å². The Labute approximate surface area is 61.6 Å². The van der Waals surface area contributed by atoms with E-state index in [-0.39, 0.29) is 0 Å². The number of nitriles is 1. The summed E-state index contributed by atoms with van der Waals surface area (Å²) in [4.78, 5) is 2.28. The van der Waals surface area contributed by atoms with Gasteiger partial charge >= 0.3 is 0 Å². The van der Waals surface area contributed by atoms with Gasteiger partial charge in [0.05, 0.1) is 12.0 Å². The average molecular weight is 139 g/mol. The van der Waals surface area contributed by atoms with Crippen LogP contribution in [0.15, 0.2) is 0 Å². The number of hydrogen-bond acceptors (Lipinski definition) is 3. The zero-order valence-corrected chi connectivity index (χ0v) is 6.30. The van der Waals surface area contributed by atoms with Crippen LogP contribution in [0.3, 0.4) is 0 Å². The Balaban J connectivity index is 1.99. The molecule has 0 atom stereocenters. The zero-order chi connectivity index (χ0) is 7.40. The van der Waals surface area contributed by atoms with E-state index in [1.165, 1.54) is 0 Å². The average Bonchev–Trinajstić information content (AvgIpc) is 1.86. The molecule has 0 radical (unpaired) electrons. The van der Waals surface area contributed by atoms with Gasteiger partial charge in [0.2, 0.25) is 0 Å². The van der Waals surface area contributed by atoms with Gasteiger partial charge in [-0.3, -0.25) is 4.90 Å². The number of likely N-dealkylation sites (N-methyl/N-ethyl adjacent to an activating group) is 1. The second-order valence-corrected chi connectivity index (χ2v) is 2.69. The predicted octanol–water partition coefficient (Wildman–Crippen LogP) is -0.339. The molecule has 1 N–H and O–H groups in total. The third kappa shape index (κ3) is 1.69. The number of likely N-dealkylation sites (tertiary alicyclic amines) is 1. The van der Waals surface area contributed by atoms with Crippen LogP contribution in [0.25, 0.3) is 0 Å². The van der Waals surface area contributed by atoms with E-state index >= 15 is 0 Å². The van der Waals surface area contributed by atoms with Crippen molar-refractivity contribution >= 4 is 0 Å². The molecule has 0 bridgehead atoms. The molecule has 1 fully saturated rings. The summed E-state index contributed by atoms with van der Waals surface area (Å²) in [5.74, 6) is 0.303. The first kappa shape index (κ1) is 7.52. The van der Waals surface area contributed by atoms with Gasteiger partial charge in [-0.05, 0) is 7.05 Å². The van der Waals surface area contributed by atoms with Crippen LogP contribution in [0.1, 0.15) is 0 Å². The van der Waals surface area contributed by atoms with Gasteiger partial charge in [0, 0.05) is 26.2 Å². The van der Waals surface area contributed by atoms with E-state index < -0.39 is 0 Å². The highest BCUT2D eigenvalue weighted by molar-refractivity contribution is 4.94. The minimum Gasteiger partial charge on any atom is -0.318 e. The van der Waals surface area contributed by atoms with E-state index in [1.54, 1.807) is 0 Å². The molecule has 1 rings (SSSR count). The van der Waals surface area contributed by atoms with Crippen LogP contribution in [0.5, 0.6) is 0 Å². The van der Waals surface area contributed by atoms with Crippen molar-refractivity contribution < 1.29 is 0 Å². The smallest absolute Gasteiger partial charge is 0.0717 e. The molecule has 1 aliphatic heterocycles. The largest absolute Gasteiger partial charge is 0.318 e. The Morgan fingerprint density at radius 2 is 2.40 bits per heavy atom. The van der Waals surface area contributed by atoms with Crippen LogP contribution in [-0.4, -0.2) is 38.1 Å². The molecule has 0 aromatic rings. The quantitative estimate of drug-likeness (QED) is 0.581. The van der Waals surface area contributed by atoms with Crippen LogP contribution >= 0.6 is 0 Å². The molecule has 10 heavy (non-hydrogen) atoms. The van der Waals surface area contributed by atoms with Gasteiger partial charge < -0.3 is 5.32 Å². The Hall–Kier alpha value is -0.590. The molecular formula is C7H13N3. The Morgan fingerprint density at radius 3 is 2.90 bits per heavy atom. The van der Waals surface area contributed by atoms with Crippen molar-refractivity contribution in [3.63, 3.8) is 0 Å². The summed E-state index contributed by atoms with van der Waals surface area (Å²) in [6, 6.07) is 2.25. The third-order valence-electron chi connectivity index (χ3n) is 1.82. The van der Waals surface area contributed by atoms with E-state index in [4.69, 9.17) is 5.26 Å². The number of nitrogens with zero attached hydrogens (tertiary/aromatic N) is 2. The Morgan fingerprint density at radius 1 is 1.70 bits per heavy atom. The maximum absolute atomic E-state index is 8.44. The summed E-state index contributed by atoms with van der Waals surface area (Å²) >= 11 is 0. The maximum atomic E-state index is 8.44. The fourth-order valence-electron chi connectivity index (χ4n) is 1.10. The van der Waals surface area contributed by atoms with Crippen molar-refractivity contribution in [3.8, 4) is 6.07 Å². The second kappa shape index (κ2) is 3.55. The molecule has 0 saturated carbocycles. The van der Waals surface area contributed by atoms with Crippen LogP contribution in [0.4, 0.5) is 0 Å². The first-order chi connectivity index (χ1) is 4.86. The van der Waals surface area contributed by atoms with Crippen LogP contribution in [-0.2, 0) is 0 Å². The molecule has 0 aromatic heterocycles. The number of nitrogens with one attached hydrogen (secondary N) is 1. The summed E-state index contributed by atoms with van der Waals surface area (Å²) in [5.41, 5.74) is 0. The Kier molecular flexibility index (Phi) is 2.67. The van der Waals surface area contributed by atoms with Gasteiger partial charge in [0.25, 0.3) is 0 Å². The molecule has 0 amide bonds. The normalized spacial score (nSPS) is 20.0. The van der Waals surface area contributed by atoms with Crippen molar-refractivity contribution in [1.29, 1.82) is 5.26 Å². The lowest BCUT2D eigenvalue weighted by Gasteiger charge is -2.34. The maximum Gasteiger partial charge on any atom is 0.0717 e. The summed E-state index contributed by atoms with van der Waals surface area (Å²) in [6.45, 7) is 4.04. The lowest BCUT2D eigenvalue weighted by Crippen LogP contribution is -2.48.